The normalized spacial score (nSPS) is 13.2. The lowest BCUT2D eigenvalue weighted by atomic mass is 10.2. The van der Waals surface area contributed by atoms with E-state index in [1.54, 1.807) is 18.1 Å². The van der Waals surface area contributed by atoms with Crippen molar-refractivity contribution in [3.8, 4) is 0 Å². The Bertz CT molecular complexity index is 196. The Morgan fingerprint density at radius 1 is 1.75 bits per heavy atom. The van der Waals surface area contributed by atoms with E-state index >= 15 is 0 Å². The van der Waals surface area contributed by atoms with Crippen molar-refractivity contribution in [1.82, 2.24) is 9.36 Å². The number of nitrogens with zero attached hydrogens (tertiary/aromatic N) is 2. The van der Waals surface area contributed by atoms with Crippen LogP contribution >= 0.6 is 35.9 Å². The Kier molecular flexibility index (Phi) is 5.02. The summed E-state index contributed by atoms with van der Waals surface area (Å²) in [6.07, 6.45) is 2.80. The van der Waals surface area contributed by atoms with Crippen LogP contribution in [0.5, 0.6) is 0 Å². The number of hydrogen-bond acceptors (Lipinski definition) is 5. The monoisotopic (exact) mass is 220 g/mol. The van der Waals surface area contributed by atoms with Crippen molar-refractivity contribution in [3.63, 3.8) is 0 Å². The van der Waals surface area contributed by atoms with Crippen LogP contribution in [-0.2, 0) is 0 Å². The summed E-state index contributed by atoms with van der Waals surface area (Å²) in [5.74, 6) is 2.76. The molecule has 0 saturated carbocycles. The molecule has 0 fully saturated rings. The molecule has 12 heavy (non-hydrogen) atoms. The van der Waals surface area contributed by atoms with Gasteiger partial charge >= 0.3 is 0 Å². The van der Waals surface area contributed by atoms with Crippen molar-refractivity contribution in [2.75, 3.05) is 11.5 Å². The molecule has 2 nitrogen and oxygen atoms in total. The fraction of sp³-hybridized carbons (Fsp3) is 0.714. The molecule has 0 amide bonds. The molecule has 0 N–H and O–H groups in total. The van der Waals surface area contributed by atoms with E-state index in [0.717, 1.165) is 15.8 Å². The third-order valence-electron chi connectivity index (χ3n) is 1.62. The third-order valence-corrected chi connectivity index (χ3v) is 4.16. The molecular formula is C7H12N2S3. The molecule has 5 heteroatoms. The van der Waals surface area contributed by atoms with Crippen molar-refractivity contribution < 1.29 is 0 Å². The molecule has 1 rings (SSSR count). The van der Waals surface area contributed by atoms with E-state index in [1.165, 1.54) is 18.0 Å². The third kappa shape index (κ3) is 3.33. The second kappa shape index (κ2) is 5.83. The van der Waals surface area contributed by atoms with Crippen LogP contribution in [0.1, 0.15) is 13.3 Å². The minimum absolute atomic E-state index is 0.697. The number of hydrogen-bond donors (Lipinski definition) is 1. The van der Waals surface area contributed by atoms with Gasteiger partial charge in [-0.15, -0.1) is 0 Å². The first-order valence-corrected chi connectivity index (χ1v) is 6.26. The molecule has 0 spiro atoms. The van der Waals surface area contributed by atoms with Crippen molar-refractivity contribution >= 4 is 35.9 Å². The highest BCUT2D eigenvalue weighted by Gasteiger charge is 2.05. The van der Waals surface area contributed by atoms with E-state index in [9.17, 15) is 0 Å². The summed E-state index contributed by atoms with van der Waals surface area (Å²) in [6.45, 7) is 2.20. The van der Waals surface area contributed by atoms with Crippen molar-refractivity contribution in [3.05, 3.63) is 6.33 Å². The van der Waals surface area contributed by atoms with Crippen LogP contribution in [0.25, 0.3) is 0 Å². The molecule has 0 aliphatic carbocycles. The smallest absolute Gasteiger partial charge is 0.169 e. The molecule has 68 valence electrons. The van der Waals surface area contributed by atoms with Crippen LogP contribution in [0.4, 0.5) is 0 Å². The van der Waals surface area contributed by atoms with Crippen LogP contribution < -0.4 is 0 Å². The molecule has 0 aliphatic rings. The van der Waals surface area contributed by atoms with Crippen LogP contribution in [0.3, 0.4) is 0 Å². The molecule has 0 radical (unpaired) electrons. The highest BCUT2D eigenvalue weighted by molar-refractivity contribution is 8.00. The summed E-state index contributed by atoms with van der Waals surface area (Å²) in [5.41, 5.74) is 0. The first-order chi connectivity index (χ1) is 5.86. The van der Waals surface area contributed by atoms with Crippen molar-refractivity contribution in [2.24, 2.45) is 5.92 Å². The lowest BCUT2D eigenvalue weighted by Gasteiger charge is -2.08. The molecule has 1 aromatic rings. The minimum atomic E-state index is 0.697. The number of aromatic nitrogens is 2. The predicted molar refractivity (Wildman–Crippen MR) is 58.3 cm³/mol. The van der Waals surface area contributed by atoms with Gasteiger partial charge in [0.2, 0.25) is 0 Å². The van der Waals surface area contributed by atoms with Gasteiger partial charge in [-0.25, -0.2) is 4.98 Å². The molecular weight excluding hydrogens is 208 g/mol. The average molecular weight is 220 g/mol. The van der Waals surface area contributed by atoms with Gasteiger partial charge in [0, 0.05) is 5.75 Å². The molecule has 0 aliphatic heterocycles. The predicted octanol–water partition coefficient (Wildman–Crippen LogP) is 2.59. The van der Waals surface area contributed by atoms with Gasteiger partial charge < -0.3 is 0 Å². The summed E-state index contributed by atoms with van der Waals surface area (Å²) in [7, 11) is 0. The zero-order chi connectivity index (χ0) is 8.81. The summed E-state index contributed by atoms with van der Waals surface area (Å²) in [6, 6.07) is 0. The Labute approximate surface area is 86.8 Å². The first kappa shape index (κ1) is 10.3. The largest absolute Gasteiger partial charge is 0.216 e. The minimum Gasteiger partial charge on any atom is -0.216 e. The fourth-order valence-electron chi connectivity index (χ4n) is 0.715. The lowest BCUT2D eigenvalue weighted by molar-refractivity contribution is 0.649. The van der Waals surface area contributed by atoms with Gasteiger partial charge in [-0.1, -0.05) is 25.1 Å². The molecule has 0 bridgehead atoms. The van der Waals surface area contributed by atoms with Crippen LogP contribution in [-0.4, -0.2) is 20.9 Å². The Hall–Kier alpha value is 0.260. The fourth-order valence-corrected chi connectivity index (χ4v) is 2.95. The lowest BCUT2D eigenvalue weighted by Crippen LogP contribution is -2.03. The highest BCUT2D eigenvalue weighted by atomic mass is 32.2. The van der Waals surface area contributed by atoms with Gasteiger partial charge in [-0.05, 0) is 23.2 Å². The second-order valence-corrected chi connectivity index (χ2v) is 4.89. The molecule has 1 heterocycles. The van der Waals surface area contributed by atoms with Gasteiger partial charge in [0.25, 0.3) is 0 Å². The van der Waals surface area contributed by atoms with E-state index in [2.05, 4.69) is 28.9 Å². The molecule has 0 aromatic carbocycles. The van der Waals surface area contributed by atoms with Gasteiger partial charge in [0.1, 0.15) is 6.33 Å². The Morgan fingerprint density at radius 2 is 2.58 bits per heavy atom. The maximum absolute atomic E-state index is 4.28. The average Bonchev–Trinajstić information content (AvgIpc) is 2.59. The summed E-state index contributed by atoms with van der Waals surface area (Å²) >= 11 is 7.52. The molecule has 1 atom stereocenters. The second-order valence-electron chi connectivity index (χ2n) is 2.48. The van der Waals surface area contributed by atoms with E-state index < -0.39 is 0 Å². The van der Waals surface area contributed by atoms with Crippen LogP contribution in [0.2, 0.25) is 0 Å². The van der Waals surface area contributed by atoms with Crippen molar-refractivity contribution in [1.29, 1.82) is 0 Å². The topological polar surface area (TPSA) is 25.8 Å². The van der Waals surface area contributed by atoms with E-state index in [4.69, 9.17) is 0 Å². The first-order valence-electron chi connectivity index (χ1n) is 3.87. The Morgan fingerprint density at radius 3 is 3.08 bits per heavy atom. The molecule has 0 saturated heterocycles. The summed E-state index contributed by atoms with van der Waals surface area (Å²) < 4.78 is 5.01. The van der Waals surface area contributed by atoms with E-state index in [-0.39, 0.29) is 0 Å². The van der Waals surface area contributed by atoms with Gasteiger partial charge in [0.15, 0.2) is 4.34 Å². The van der Waals surface area contributed by atoms with Crippen LogP contribution in [0.15, 0.2) is 10.7 Å². The summed E-state index contributed by atoms with van der Waals surface area (Å²) in [5, 5.41) is 0. The SMILES string of the molecule is CCC(CS)CSc1ncns1. The Balaban J connectivity index is 2.25. The van der Waals surface area contributed by atoms with E-state index in [0.29, 0.717) is 5.92 Å². The van der Waals surface area contributed by atoms with Gasteiger partial charge in [-0.3, -0.25) is 0 Å². The van der Waals surface area contributed by atoms with Crippen molar-refractivity contribution in [2.45, 2.75) is 17.7 Å². The van der Waals surface area contributed by atoms with E-state index in [1.807, 2.05) is 0 Å². The van der Waals surface area contributed by atoms with Crippen LogP contribution in [0, 0.1) is 5.92 Å². The molecule has 1 aromatic heterocycles. The maximum atomic E-state index is 4.28. The zero-order valence-electron chi connectivity index (χ0n) is 6.93. The number of thiol groups is 1. The van der Waals surface area contributed by atoms with Gasteiger partial charge in [-0.2, -0.15) is 17.0 Å². The number of rotatable bonds is 5. The quantitative estimate of drug-likeness (QED) is 0.610. The zero-order valence-corrected chi connectivity index (χ0v) is 9.46. The summed E-state index contributed by atoms with van der Waals surface area (Å²) in [4.78, 5) is 4.10. The maximum Gasteiger partial charge on any atom is 0.169 e. The molecule has 1 unspecified atom stereocenters. The van der Waals surface area contributed by atoms with Gasteiger partial charge in [0.05, 0.1) is 0 Å². The standard InChI is InChI=1S/C7H12N2S3/c1-2-6(3-10)4-11-7-8-5-9-12-7/h5-6,10H,2-4H2,1H3. The highest BCUT2D eigenvalue weighted by Crippen LogP contribution is 2.22. The number of thioether (sulfide) groups is 1.